The Morgan fingerprint density at radius 2 is 1.21 bits per heavy atom. The molecule has 0 aromatic rings. The van der Waals surface area contributed by atoms with E-state index in [-0.39, 0.29) is 0 Å². The minimum absolute atomic E-state index is 0.365. The first-order chi connectivity index (χ1) is 9.31. The maximum atomic E-state index is 6.27. The molecule has 0 aliphatic rings. The van der Waals surface area contributed by atoms with Gasteiger partial charge in [0.1, 0.15) is 0 Å². The second-order valence-corrected chi connectivity index (χ2v) is 6.32. The van der Waals surface area contributed by atoms with Gasteiger partial charge in [-0.05, 0) is 19.3 Å². The van der Waals surface area contributed by atoms with Crippen LogP contribution in [0, 0.1) is 0 Å². The van der Waals surface area contributed by atoms with E-state index >= 15 is 0 Å². The first-order valence-electron chi connectivity index (χ1n) is 8.44. The fourth-order valence-electron chi connectivity index (χ4n) is 2.45. The predicted molar refractivity (Wildman–Crippen MR) is 87.2 cm³/mol. The molecule has 0 saturated heterocycles. The summed E-state index contributed by atoms with van der Waals surface area (Å²) in [6.07, 6.45) is 17.4. The van der Waals surface area contributed by atoms with Crippen LogP contribution in [0.25, 0.3) is 0 Å². The molecule has 116 valence electrons. The maximum absolute atomic E-state index is 6.27. The van der Waals surface area contributed by atoms with E-state index < -0.39 is 0 Å². The molecule has 0 saturated carbocycles. The van der Waals surface area contributed by atoms with Crippen molar-refractivity contribution in [2.75, 3.05) is 13.7 Å². The predicted octanol–water partition coefficient (Wildman–Crippen LogP) is 6.33. The highest BCUT2D eigenvalue weighted by Gasteiger charge is 2.03. The molecule has 0 spiro atoms. The molecule has 2 heteroatoms. The molecule has 1 atom stereocenters. The van der Waals surface area contributed by atoms with Crippen molar-refractivity contribution in [3.63, 3.8) is 0 Å². The van der Waals surface area contributed by atoms with Gasteiger partial charge in [0, 0.05) is 19.1 Å². The minimum Gasteiger partial charge on any atom is -0.385 e. The van der Waals surface area contributed by atoms with Crippen LogP contribution in [-0.4, -0.2) is 19.1 Å². The van der Waals surface area contributed by atoms with Crippen LogP contribution in [0.1, 0.15) is 90.4 Å². The summed E-state index contributed by atoms with van der Waals surface area (Å²) in [4.78, 5) is 0. The smallest absolute Gasteiger partial charge is 0.0462 e. The average molecular weight is 291 g/mol. The number of ether oxygens (including phenoxy) is 1. The van der Waals surface area contributed by atoms with Crippen LogP contribution in [0.5, 0.6) is 0 Å². The Morgan fingerprint density at radius 3 is 1.74 bits per heavy atom. The molecule has 0 heterocycles. The van der Waals surface area contributed by atoms with Crippen molar-refractivity contribution in [2.45, 2.75) is 95.8 Å². The van der Waals surface area contributed by atoms with E-state index in [1.807, 2.05) is 0 Å². The Morgan fingerprint density at radius 1 is 0.737 bits per heavy atom. The van der Waals surface area contributed by atoms with Crippen LogP contribution in [0.3, 0.4) is 0 Å². The van der Waals surface area contributed by atoms with Gasteiger partial charge in [0.05, 0.1) is 0 Å². The third-order valence-corrected chi connectivity index (χ3v) is 4.17. The number of hydrogen-bond donors (Lipinski definition) is 0. The van der Waals surface area contributed by atoms with Gasteiger partial charge < -0.3 is 4.74 Å². The molecule has 1 unspecified atom stereocenters. The first-order valence-corrected chi connectivity index (χ1v) is 8.88. The fraction of sp³-hybridized carbons (Fsp3) is 1.00. The second-order valence-electron chi connectivity index (χ2n) is 5.70. The van der Waals surface area contributed by atoms with E-state index in [0.29, 0.717) is 5.38 Å². The SMILES string of the molecule is CCCCCCCCCCCCC(Cl)CCCOC. The number of halogens is 1. The number of alkyl halides is 1. The van der Waals surface area contributed by atoms with Gasteiger partial charge in [0.2, 0.25) is 0 Å². The molecule has 0 amide bonds. The van der Waals surface area contributed by atoms with Gasteiger partial charge in [0.15, 0.2) is 0 Å². The van der Waals surface area contributed by atoms with E-state index in [1.165, 1.54) is 70.6 Å². The van der Waals surface area contributed by atoms with Crippen molar-refractivity contribution in [3.8, 4) is 0 Å². The van der Waals surface area contributed by atoms with E-state index in [4.69, 9.17) is 16.3 Å². The van der Waals surface area contributed by atoms with E-state index in [2.05, 4.69) is 6.92 Å². The van der Waals surface area contributed by atoms with Gasteiger partial charge in [0.25, 0.3) is 0 Å². The zero-order chi connectivity index (χ0) is 14.2. The van der Waals surface area contributed by atoms with Gasteiger partial charge >= 0.3 is 0 Å². The quantitative estimate of drug-likeness (QED) is 0.253. The second kappa shape index (κ2) is 16.3. The Labute approximate surface area is 126 Å². The van der Waals surface area contributed by atoms with Crippen molar-refractivity contribution in [3.05, 3.63) is 0 Å². The average Bonchev–Trinajstić information content (AvgIpc) is 2.41. The van der Waals surface area contributed by atoms with E-state index in [1.54, 1.807) is 7.11 Å². The lowest BCUT2D eigenvalue weighted by atomic mass is 10.0. The van der Waals surface area contributed by atoms with Gasteiger partial charge in [-0.15, -0.1) is 11.6 Å². The molecule has 0 aromatic carbocycles. The third kappa shape index (κ3) is 16.2. The highest BCUT2D eigenvalue weighted by Crippen LogP contribution is 2.16. The summed E-state index contributed by atoms with van der Waals surface area (Å²) in [6, 6.07) is 0. The van der Waals surface area contributed by atoms with Crippen LogP contribution in [0.2, 0.25) is 0 Å². The van der Waals surface area contributed by atoms with Crippen LogP contribution in [-0.2, 0) is 4.74 Å². The molecule has 0 bridgehead atoms. The number of hydrogen-bond acceptors (Lipinski definition) is 1. The third-order valence-electron chi connectivity index (χ3n) is 3.74. The summed E-state index contributed by atoms with van der Waals surface area (Å²) in [7, 11) is 1.76. The molecular weight excluding hydrogens is 256 g/mol. The Balaban J connectivity index is 3.05. The largest absolute Gasteiger partial charge is 0.385 e. The molecular formula is C17H35ClO. The highest BCUT2D eigenvalue weighted by atomic mass is 35.5. The maximum Gasteiger partial charge on any atom is 0.0462 e. The first kappa shape index (κ1) is 19.2. The van der Waals surface area contributed by atoms with Crippen LogP contribution < -0.4 is 0 Å². The summed E-state index contributed by atoms with van der Waals surface area (Å²) in [6.45, 7) is 3.13. The van der Waals surface area contributed by atoms with E-state index in [9.17, 15) is 0 Å². The summed E-state index contributed by atoms with van der Waals surface area (Å²) in [5, 5.41) is 0.365. The Hall–Kier alpha value is 0.250. The summed E-state index contributed by atoms with van der Waals surface area (Å²) >= 11 is 6.27. The molecule has 0 N–H and O–H groups in total. The number of unbranched alkanes of at least 4 members (excludes halogenated alkanes) is 9. The van der Waals surface area contributed by atoms with Crippen LogP contribution in [0.4, 0.5) is 0 Å². The molecule has 0 radical (unpaired) electrons. The van der Waals surface area contributed by atoms with Gasteiger partial charge in [-0.3, -0.25) is 0 Å². The topological polar surface area (TPSA) is 9.23 Å². The summed E-state index contributed by atoms with van der Waals surface area (Å²) in [5.74, 6) is 0. The zero-order valence-corrected chi connectivity index (χ0v) is 14.0. The Bertz CT molecular complexity index is 161. The van der Waals surface area contributed by atoms with Crippen molar-refractivity contribution in [1.29, 1.82) is 0 Å². The molecule has 0 aromatic heterocycles. The van der Waals surface area contributed by atoms with Crippen molar-refractivity contribution in [2.24, 2.45) is 0 Å². The molecule has 0 aliphatic heterocycles. The molecule has 0 rings (SSSR count). The monoisotopic (exact) mass is 290 g/mol. The van der Waals surface area contributed by atoms with Gasteiger partial charge in [-0.2, -0.15) is 0 Å². The van der Waals surface area contributed by atoms with Crippen molar-refractivity contribution >= 4 is 11.6 Å². The number of rotatable bonds is 15. The lowest BCUT2D eigenvalue weighted by Crippen LogP contribution is -2.01. The lowest BCUT2D eigenvalue weighted by Gasteiger charge is -2.08. The highest BCUT2D eigenvalue weighted by molar-refractivity contribution is 6.20. The van der Waals surface area contributed by atoms with E-state index in [0.717, 1.165) is 19.4 Å². The molecule has 19 heavy (non-hydrogen) atoms. The van der Waals surface area contributed by atoms with Crippen molar-refractivity contribution < 1.29 is 4.74 Å². The lowest BCUT2D eigenvalue weighted by molar-refractivity contribution is 0.192. The Kier molecular flexibility index (Phi) is 16.5. The summed E-state index contributed by atoms with van der Waals surface area (Å²) < 4.78 is 5.04. The molecule has 0 fully saturated rings. The zero-order valence-electron chi connectivity index (χ0n) is 13.3. The molecule has 0 aliphatic carbocycles. The van der Waals surface area contributed by atoms with Gasteiger partial charge in [-0.25, -0.2) is 0 Å². The normalized spacial score (nSPS) is 12.8. The summed E-state index contributed by atoms with van der Waals surface area (Å²) in [5.41, 5.74) is 0. The van der Waals surface area contributed by atoms with Gasteiger partial charge in [-0.1, -0.05) is 71.1 Å². The van der Waals surface area contributed by atoms with Crippen molar-refractivity contribution in [1.82, 2.24) is 0 Å². The van der Waals surface area contributed by atoms with Crippen LogP contribution in [0.15, 0.2) is 0 Å². The van der Waals surface area contributed by atoms with Crippen LogP contribution >= 0.6 is 11.6 Å². The number of methoxy groups -OCH3 is 1. The fourth-order valence-corrected chi connectivity index (χ4v) is 2.76. The minimum atomic E-state index is 0.365. The standard InChI is InChI=1S/C17H35ClO/c1-3-4-5-6-7-8-9-10-11-12-14-17(18)15-13-16-19-2/h17H,3-16H2,1-2H3. The molecule has 1 nitrogen and oxygen atoms in total.